The van der Waals surface area contributed by atoms with Gasteiger partial charge in [-0.25, -0.2) is 23.2 Å². The van der Waals surface area contributed by atoms with E-state index >= 15 is 0 Å². The standard InChI is InChI=1S/C23H23ClN4O3S/c1-16-2-7-21(24)22(12-16)27-23(29)28-10-8-20(9-11-28)32(30,31)19-5-3-17(4-6-19)18-13-25-15-26-14-18/h2-7,12-15,20H,8-11H2,1H3,(H,27,29). The molecule has 0 aliphatic carbocycles. The normalized spacial score (nSPS) is 14.9. The number of nitrogens with zero attached hydrogens (tertiary/aromatic N) is 3. The summed E-state index contributed by atoms with van der Waals surface area (Å²) >= 11 is 6.16. The Morgan fingerprint density at radius 3 is 2.34 bits per heavy atom. The van der Waals surface area contributed by atoms with Crippen molar-refractivity contribution in [2.75, 3.05) is 18.4 Å². The fourth-order valence-electron chi connectivity index (χ4n) is 3.78. The first-order valence-electron chi connectivity index (χ1n) is 10.3. The molecule has 2 amide bonds. The minimum Gasteiger partial charge on any atom is -0.324 e. The maximum atomic E-state index is 13.1. The molecule has 2 aromatic carbocycles. The van der Waals surface area contributed by atoms with Crippen LogP contribution in [0.2, 0.25) is 5.02 Å². The molecule has 1 aromatic heterocycles. The molecule has 2 heterocycles. The Bertz CT molecular complexity index is 1210. The van der Waals surface area contributed by atoms with E-state index in [4.69, 9.17) is 11.6 Å². The number of aryl methyl sites for hydroxylation is 1. The number of urea groups is 1. The quantitative estimate of drug-likeness (QED) is 0.602. The van der Waals surface area contributed by atoms with Crippen molar-refractivity contribution < 1.29 is 13.2 Å². The van der Waals surface area contributed by atoms with Crippen LogP contribution in [0.3, 0.4) is 0 Å². The van der Waals surface area contributed by atoms with Crippen molar-refractivity contribution in [1.29, 1.82) is 0 Å². The Morgan fingerprint density at radius 2 is 1.69 bits per heavy atom. The van der Waals surface area contributed by atoms with E-state index in [1.165, 1.54) is 6.33 Å². The van der Waals surface area contributed by atoms with Gasteiger partial charge in [0.25, 0.3) is 0 Å². The van der Waals surface area contributed by atoms with Gasteiger partial charge in [0, 0.05) is 31.0 Å². The molecule has 3 aromatic rings. The summed E-state index contributed by atoms with van der Waals surface area (Å²) in [6.07, 6.45) is 5.57. The van der Waals surface area contributed by atoms with Crippen LogP contribution in [0.4, 0.5) is 10.5 Å². The Kier molecular flexibility index (Phi) is 6.43. The molecule has 1 aliphatic heterocycles. The molecule has 166 valence electrons. The Hall–Kier alpha value is -2.97. The predicted molar refractivity (Wildman–Crippen MR) is 124 cm³/mol. The molecule has 9 heteroatoms. The van der Waals surface area contributed by atoms with E-state index in [1.807, 2.05) is 19.1 Å². The number of hydrogen-bond donors (Lipinski definition) is 1. The SMILES string of the molecule is Cc1ccc(Cl)c(NC(=O)N2CCC(S(=O)(=O)c3ccc(-c4cncnc4)cc3)CC2)c1. The average molecular weight is 471 g/mol. The molecule has 0 atom stereocenters. The van der Waals surface area contributed by atoms with Crippen LogP contribution in [-0.4, -0.2) is 47.7 Å². The van der Waals surface area contributed by atoms with Gasteiger partial charge in [-0.15, -0.1) is 0 Å². The molecule has 4 rings (SSSR count). The third kappa shape index (κ3) is 4.76. The first-order chi connectivity index (χ1) is 15.3. The van der Waals surface area contributed by atoms with Crippen molar-refractivity contribution in [1.82, 2.24) is 14.9 Å². The molecular formula is C23H23ClN4O3S. The molecule has 0 saturated carbocycles. The second kappa shape index (κ2) is 9.26. The summed E-state index contributed by atoms with van der Waals surface area (Å²) in [7, 11) is -3.49. The largest absolute Gasteiger partial charge is 0.324 e. The van der Waals surface area contributed by atoms with Gasteiger partial charge in [-0.3, -0.25) is 0 Å². The van der Waals surface area contributed by atoms with Crippen molar-refractivity contribution in [2.24, 2.45) is 0 Å². The zero-order chi connectivity index (χ0) is 22.7. The number of carbonyl (C=O) groups is 1. The van der Waals surface area contributed by atoms with Crippen molar-refractivity contribution in [3.05, 3.63) is 71.8 Å². The van der Waals surface area contributed by atoms with Crippen molar-refractivity contribution >= 4 is 33.2 Å². The second-order valence-electron chi connectivity index (χ2n) is 7.80. The van der Waals surface area contributed by atoms with Crippen LogP contribution >= 0.6 is 11.6 Å². The number of carbonyl (C=O) groups excluding carboxylic acids is 1. The molecule has 7 nitrogen and oxygen atoms in total. The van der Waals surface area contributed by atoms with Crippen LogP contribution in [0.15, 0.2) is 66.1 Å². The number of likely N-dealkylation sites (tertiary alicyclic amines) is 1. The molecule has 1 N–H and O–H groups in total. The van der Waals surface area contributed by atoms with E-state index in [0.717, 1.165) is 16.7 Å². The minimum absolute atomic E-state index is 0.275. The Balaban J connectivity index is 1.40. The summed E-state index contributed by atoms with van der Waals surface area (Å²) in [4.78, 5) is 22.5. The molecule has 0 unspecified atom stereocenters. The highest BCUT2D eigenvalue weighted by Gasteiger charge is 2.32. The maximum absolute atomic E-state index is 13.1. The molecule has 1 aliphatic rings. The lowest BCUT2D eigenvalue weighted by Crippen LogP contribution is -2.44. The number of benzene rings is 2. The average Bonchev–Trinajstić information content (AvgIpc) is 2.82. The number of nitrogens with one attached hydrogen (secondary N) is 1. The van der Waals surface area contributed by atoms with Crippen molar-refractivity contribution in [3.8, 4) is 11.1 Å². The summed E-state index contributed by atoms with van der Waals surface area (Å²) in [5.74, 6) is 0. The van der Waals surface area contributed by atoms with Gasteiger partial charge in [-0.1, -0.05) is 29.8 Å². The number of halogens is 1. The molecule has 0 spiro atoms. The van der Waals surface area contributed by atoms with Gasteiger partial charge >= 0.3 is 6.03 Å². The fraction of sp³-hybridized carbons (Fsp3) is 0.261. The summed E-state index contributed by atoms with van der Waals surface area (Å²) in [5, 5.41) is 2.76. The highest BCUT2D eigenvalue weighted by molar-refractivity contribution is 7.92. The Labute approximate surface area is 192 Å². The summed E-state index contributed by atoms with van der Waals surface area (Å²) < 4.78 is 26.2. The van der Waals surface area contributed by atoms with Crippen LogP contribution in [0, 0.1) is 6.92 Å². The summed E-state index contributed by atoms with van der Waals surface area (Å²) in [6.45, 7) is 2.64. The number of amides is 2. The lowest BCUT2D eigenvalue weighted by atomic mass is 10.1. The molecule has 0 radical (unpaired) electrons. The zero-order valence-corrected chi connectivity index (χ0v) is 19.1. The molecular weight excluding hydrogens is 448 g/mol. The topological polar surface area (TPSA) is 92.3 Å². The number of hydrogen-bond acceptors (Lipinski definition) is 5. The van der Waals surface area contributed by atoms with Gasteiger partial charge in [0.2, 0.25) is 0 Å². The van der Waals surface area contributed by atoms with Gasteiger partial charge < -0.3 is 10.2 Å². The van der Waals surface area contributed by atoms with Gasteiger partial charge in [0.1, 0.15) is 6.33 Å². The number of rotatable bonds is 4. The number of aromatic nitrogens is 2. The van der Waals surface area contributed by atoms with E-state index in [1.54, 1.807) is 47.6 Å². The van der Waals surface area contributed by atoms with Crippen molar-refractivity contribution in [3.63, 3.8) is 0 Å². The highest BCUT2D eigenvalue weighted by Crippen LogP contribution is 2.28. The van der Waals surface area contributed by atoms with Gasteiger partial charge in [0.05, 0.1) is 20.9 Å². The molecule has 32 heavy (non-hydrogen) atoms. The van der Waals surface area contributed by atoms with Crippen LogP contribution in [0.5, 0.6) is 0 Å². The molecule has 1 saturated heterocycles. The first kappa shape index (κ1) is 22.2. The minimum atomic E-state index is -3.49. The Morgan fingerprint density at radius 1 is 1.03 bits per heavy atom. The summed E-state index contributed by atoms with van der Waals surface area (Å²) in [5.41, 5.74) is 3.21. The van der Waals surface area contributed by atoms with E-state index < -0.39 is 15.1 Å². The third-order valence-corrected chi connectivity index (χ3v) is 8.22. The van der Waals surface area contributed by atoms with Crippen LogP contribution in [0.1, 0.15) is 18.4 Å². The zero-order valence-electron chi connectivity index (χ0n) is 17.5. The van der Waals surface area contributed by atoms with Gasteiger partial charge in [0.15, 0.2) is 9.84 Å². The lowest BCUT2D eigenvalue weighted by Gasteiger charge is -2.32. The van der Waals surface area contributed by atoms with Crippen LogP contribution in [0.25, 0.3) is 11.1 Å². The fourth-order valence-corrected chi connectivity index (χ4v) is 5.67. The first-order valence-corrected chi connectivity index (χ1v) is 12.2. The summed E-state index contributed by atoms with van der Waals surface area (Å²) in [6, 6.07) is 11.9. The third-order valence-electron chi connectivity index (χ3n) is 5.61. The van der Waals surface area contributed by atoms with E-state index in [-0.39, 0.29) is 10.9 Å². The highest BCUT2D eigenvalue weighted by atomic mass is 35.5. The van der Waals surface area contributed by atoms with Crippen molar-refractivity contribution in [2.45, 2.75) is 29.9 Å². The van der Waals surface area contributed by atoms with E-state index in [9.17, 15) is 13.2 Å². The maximum Gasteiger partial charge on any atom is 0.321 e. The monoisotopic (exact) mass is 470 g/mol. The second-order valence-corrected chi connectivity index (χ2v) is 10.4. The smallest absolute Gasteiger partial charge is 0.321 e. The van der Waals surface area contributed by atoms with Crippen LogP contribution < -0.4 is 5.32 Å². The number of sulfone groups is 1. The number of anilines is 1. The molecule has 0 bridgehead atoms. The van der Waals surface area contributed by atoms with E-state index in [0.29, 0.717) is 36.6 Å². The lowest BCUT2D eigenvalue weighted by molar-refractivity contribution is 0.200. The van der Waals surface area contributed by atoms with E-state index in [2.05, 4.69) is 15.3 Å². The molecule has 1 fully saturated rings. The predicted octanol–water partition coefficient (Wildman–Crippen LogP) is 4.58. The van der Waals surface area contributed by atoms with Gasteiger partial charge in [-0.05, 0) is 55.2 Å². The van der Waals surface area contributed by atoms with Gasteiger partial charge in [-0.2, -0.15) is 0 Å². The number of piperidine rings is 1. The van der Waals surface area contributed by atoms with Crippen LogP contribution in [-0.2, 0) is 9.84 Å².